The minimum absolute atomic E-state index is 0.117. The molecule has 0 spiro atoms. The Hall–Kier alpha value is -1.52. The van der Waals surface area contributed by atoms with Crippen LogP contribution in [0.1, 0.15) is 40.5 Å². The van der Waals surface area contributed by atoms with Gasteiger partial charge in [-0.3, -0.25) is 13.8 Å². The van der Waals surface area contributed by atoms with E-state index in [0.29, 0.717) is 18.9 Å². The highest BCUT2D eigenvalue weighted by Gasteiger charge is 2.46. The summed E-state index contributed by atoms with van der Waals surface area (Å²) in [6, 6.07) is -0.841. The molecule has 10 heteroatoms. The maximum atomic E-state index is 12.3. The van der Waals surface area contributed by atoms with Gasteiger partial charge in [-0.15, -0.1) is 0 Å². The third-order valence-electron chi connectivity index (χ3n) is 3.50. The Morgan fingerprint density at radius 3 is 2.20 bits per heavy atom. The molecule has 1 aliphatic heterocycles. The molecule has 0 aromatic rings. The molecule has 1 saturated heterocycles. The quantitative estimate of drug-likeness (QED) is 0.519. The molecule has 2 amide bonds. The van der Waals surface area contributed by atoms with Crippen molar-refractivity contribution in [3.63, 3.8) is 0 Å². The number of carboxylic acids is 1. The van der Waals surface area contributed by atoms with Crippen LogP contribution in [0.25, 0.3) is 0 Å². The number of rotatable bonds is 9. The summed E-state index contributed by atoms with van der Waals surface area (Å²) in [5.74, 6) is -2.12. The second kappa shape index (κ2) is 9.83. The summed E-state index contributed by atoms with van der Waals surface area (Å²) < 4.78 is 20.5. The molecule has 1 rings (SSSR count). The Morgan fingerprint density at radius 1 is 1.08 bits per heavy atom. The monoisotopic (exact) mass is 378 g/mol. The van der Waals surface area contributed by atoms with Crippen LogP contribution in [-0.2, 0) is 34.1 Å². The van der Waals surface area contributed by atoms with Crippen molar-refractivity contribution < 1.29 is 32.1 Å². The Morgan fingerprint density at radius 2 is 1.68 bits per heavy atom. The van der Waals surface area contributed by atoms with Crippen LogP contribution in [0.2, 0.25) is 0 Å². The fourth-order valence-electron chi connectivity index (χ4n) is 2.21. The molecule has 4 atom stereocenters. The molecule has 1 fully saturated rings. The molecule has 0 radical (unpaired) electrons. The first-order valence-corrected chi connectivity index (χ1v) is 9.18. The van der Waals surface area contributed by atoms with Crippen molar-refractivity contribution in [2.75, 3.05) is 6.54 Å². The van der Waals surface area contributed by atoms with Crippen LogP contribution >= 0.6 is 0 Å². The van der Waals surface area contributed by atoms with Crippen molar-refractivity contribution in [1.82, 2.24) is 10.6 Å². The highest BCUT2D eigenvalue weighted by atomic mass is 32.2. The molecule has 1 aliphatic rings. The lowest BCUT2D eigenvalue weighted by Crippen LogP contribution is -2.53. The normalized spacial score (nSPS) is 24.3. The number of carbonyl (C=O) groups excluding carboxylic acids is 2. The molecule has 25 heavy (non-hydrogen) atoms. The summed E-state index contributed by atoms with van der Waals surface area (Å²) in [6.07, 6.45) is -2.08. The predicted molar refractivity (Wildman–Crippen MR) is 89.4 cm³/mol. The summed E-state index contributed by atoms with van der Waals surface area (Å²) in [4.78, 5) is 35.7. The molecule has 3 N–H and O–H groups in total. The lowest BCUT2D eigenvalue weighted by Gasteiger charge is -2.22. The molecule has 0 saturated carbocycles. The summed E-state index contributed by atoms with van der Waals surface area (Å²) in [7, 11) is 0. The van der Waals surface area contributed by atoms with E-state index in [1.54, 1.807) is 0 Å². The van der Waals surface area contributed by atoms with E-state index in [-0.39, 0.29) is 11.8 Å². The third kappa shape index (κ3) is 7.09. The number of aliphatic carboxylic acids is 1. The average Bonchev–Trinajstić information content (AvgIpc) is 2.88. The molecule has 0 aromatic carbocycles. The number of carboxylic acid groups (broad SMARTS) is 1. The van der Waals surface area contributed by atoms with Gasteiger partial charge in [-0.25, -0.2) is 8.98 Å². The molecule has 144 valence electrons. The van der Waals surface area contributed by atoms with Gasteiger partial charge in [-0.05, 0) is 24.7 Å². The fourth-order valence-corrected chi connectivity index (χ4v) is 2.96. The van der Waals surface area contributed by atoms with Gasteiger partial charge < -0.3 is 15.7 Å². The summed E-state index contributed by atoms with van der Waals surface area (Å²) in [6.45, 7) is 8.33. The Balaban J connectivity index is 2.73. The van der Waals surface area contributed by atoms with Crippen molar-refractivity contribution in [3.05, 3.63) is 0 Å². The Labute approximate surface area is 149 Å². The van der Waals surface area contributed by atoms with Crippen LogP contribution in [0.4, 0.5) is 0 Å². The SMILES string of the molecule is CC(C)CCNC(=O)[C@H](CC(C)C)NC(=O)[C@@H]1OS(=O)O[C@H]1C(=O)O. The maximum Gasteiger partial charge on any atom is 0.337 e. The van der Waals surface area contributed by atoms with Gasteiger partial charge in [-0.2, -0.15) is 4.21 Å². The second-order valence-electron chi connectivity index (χ2n) is 6.74. The summed E-state index contributed by atoms with van der Waals surface area (Å²) in [5, 5.41) is 14.2. The number of amides is 2. The van der Waals surface area contributed by atoms with Crippen LogP contribution in [-0.4, -0.2) is 51.9 Å². The zero-order valence-corrected chi connectivity index (χ0v) is 15.6. The lowest BCUT2D eigenvalue weighted by molar-refractivity contribution is -0.150. The van der Waals surface area contributed by atoms with Gasteiger partial charge in [0.2, 0.25) is 12.0 Å². The molecule has 1 unspecified atom stereocenters. The predicted octanol–water partition coefficient (Wildman–Crippen LogP) is 0.127. The molecule has 0 aliphatic carbocycles. The number of hydrogen-bond donors (Lipinski definition) is 3. The standard InChI is InChI=1S/C15H26N2O7S/c1-8(2)5-6-16-13(18)10(7-9(3)4)17-14(19)11-12(15(20)21)24-25(22)23-11/h8-12H,5-7H2,1-4H3,(H,16,18)(H,17,19)(H,20,21)/t10-,11+,12+,25?/m0/s1. The molecular weight excluding hydrogens is 352 g/mol. The topological polar surface area (TPSA) is 131 Å². The van der Waals surface area contributed by atoms with Crippen LogP contribution < -0.4 is 10.6 Å². The van der Waals surface area contributed by atoms with Crippen LogP contribution in [0.3, 0.4) is 0 Å². The minimum Gasteiger partial charge on any atom is -0.479 e. The van der Waals surface area contributed by atoms with Gasteiger partial charge in [0.05, 0.1) is 0 Å². The van der Waals surface area contributed by atoms with E-state index in [1.165, 1.54) is 0 Å². The maximum absolute atomic E-state index is 12.3. The van der Waals surface area contributed by atoms with Gasteiger partial charge in [0.15, 0.2) is 6.10 Å². The fraction of sp³-hybridized carbons (Fsp3) is 0.800. The van der Waals surface area contributed by atoms with Crippen molar-refractivity contribution in [2.45, 2.75) is 58.8 Å². The zero-order valence-electron chi connectivity index (χ0n) is 14.8. The zero-order chi connectivity index (χ0) is 19.1. The van der Waals surface area contributed by atoms with Gasteiger partial charge >= 0.3 is 17.3 Å². The Kier molecular flexibility index (Phi) is 8.46. The highest BCUT2D eigenvalue weighted by Crippen LogP contribution is 2.18. The average molecular weight is 378 g/mol. The van der Waals surface area contributed by atoms with Crippen LogP contribution in [0.15, 0.2) is 0 Å². The first kappa shape index (κ1) is 21.5. The first-order chi connectivity index (χ1) is 11.6. The third-order valence-corrected chi connectivity index (χ3v) is 4.23. The van der Waals surface area contributed by atoms with E-state index in [9.17, 15) is 18.6 Å². The number of hydrogen-bond acceptors (Lipinski definition) is 6. The van der Waals surface area contributed by atoms with Gasteiger partial charge in [0.1, 0.15) is 6.04 Å². The van der Waals surface area contributed by atoms with E-state index < -0.39 is 41.5 Å². The Bertz CT molecular complexity index is 524. The van der Waals surface area contributed by atoms with E-state index in [2.05, 4.69) is 14.8 Å². The van der Waals surface area contributed by atoms with E-state index in [0.717, 1.165) is 6.42 Å². The largest absolute Gasteiger partial charge is 0.479 e. The minimum atomic E-state index is -2.31. The molecule has 0 aromatic heterocycles. The van der Waals surface area contributed by atoms with E-state index in [4.69, 9.17) is 9.29 Å². The molecular formula is C15H26N2O7S. The molecule has 1 heterocycles. The lowest BCUT2D eigenvalue weighted by atomic mass is 10.0. The highest BCUT2D eigenvalue weighted by molar-refractivity contribution is 7.75. The van der Waals surface area contributed by atoms with Gasteiger partial charge in [0, 0.05) is 6.54 Å². The van der Waals surface area contributed by atoms with Crippen molar-refractivity contribution in [2.24, 2.45) is 11.8 Å². The van der Waals surface area contributed by atoms with E-state index >= 15 is 0 Å². The van der Waals surface area contributed by atoms with Crippen LogP contribution in [0, 0.1) is 11.8 Å². The van der Waals surface area contributed by atoms with Gasteiger partial charge in [-0.1, -0.05) is 27.7 Å². The number of carbonyl (C=O) groups is 3. The summed E-state index contributed by atoms with van der Waals surface area (Å²) >= 11 is -2.31. The van der Waals surface area contributed by atoms with Crippen LogP contribution in [0.5, 0.6) is 0 Å². The smallest absolute Gasteiger partial charge is 0.337 e. The van der Waals surface area contributed by atoms with Gasteiger partial charge in [0.25, 0.3) is 5.91 Å². The molecule has 9 nitrogen and oxygen atoms in total. The van der Waals surface area contributed by atoms with Crippen molar-refractivity contribution >= 4 is 29.1 Å². The first-order valence-electron chi connectivity index (χ1n) is 8.18. The number of nitrogens with one attached hydrogen (secondary N) is 2. The molecule has 0 bridgehead atoms. The van der Waals surface area contributed by atoms with E-state index in [1.807, 2.05) is 27.7 Å². The van der Waals surface area contributed by atoms with Crippen molar-refractivity contribution in [1.29, 1.82) is 0 Å². The second-order valence-corrected chi connectivity index (χ2v) is 7.53. The summed E-state index contributed by atoms with van der Waals surface area (Å²) in [5.41, 5.74) is 0. The van der Waals surface area contributed by atoms with Crippen molar-refractivity contribution in [3.8, 4) is 0 Å².